The molecule has 0 N–H and O–H groups in total. The summed E-state index contributed by atoms with van der Waals surface area (Å²) in [6, 6.07) is 22.3. The van der Waals surface area contributed by atoms with Crippen LogP contribution in [0.3, 0.4) is 0 Å². The van der Waals surface area contributed by atoms with E-state index < -0.39 is 9.84 Å². The molecule has 9 heteroatoms. The number of amides is 1. The van der Waals surface area contributed by atoms with Crippen LogP contribution in [0, 0.1) is 6.92 Å². The fraction of sp³-hybridized carbons (Fsp3) is 0.259. The number of aryl methyl sites for hydroxylation is 2. The molecule has 0 spiro atoms. The summed E-state index contributed by atoms with van der Waals surface area (Å²) < 4.78 is 31.2. The molecule has 6 nitrogen and oxygen atoms in total. The quantitative estimate of drug-likeness (QED) is 0.400. The molecular weight excluding hydrogens is 516 g/mol. The molecule has 3 aromatic carbocycles. The summed E-state index contributed by atoms with van der Waals surface area (Å²) in [4.78, 5) is 19.1. The van der Waals surface area contributed by atoms with Gasteiger partial charge in [0.1, 0.15) is 5.75 Å². The number of carbonyl (C=O) groups excluding carboxylic acids is 1. The summed E-state index contributed by atoms with van der Waals surface area (Å²) in [6.45, 7) is 1.98. The molecule has 36 heavy (non-hydrogen) atoms. The number of anilines is 1. The van der Waals surface area contributed by atoms with Crippen molar-refractivity contribution in [1.29, 1.82) is 0 Å². The number of rotatable bonds is 6. The number of hydrogen-bond acceptors (Lipinski definition) is 5. The molecular formula is C27H25ClN2O4S2. The molecule has 5 rings (SSSR count). The van der Waals surface area contributed by atoms with Crippen molar-refractivity contribution in [3.8, 4) is 11.5 Å². The maximum absolute atomic E-state index is 12.9. The highest BCUT2D eigenvalue weighted by atomic mass is 35.5. The maximum atomic E-state index is 12.9. The summed E-state index contributed by atoms with van der Waals surface area (Å²) in [6.07, 6.45) is 0.846. The monoisotopic (exact) mass is 540 g/mol. The number of thioether (sulfide) groups is 1. The second-order valence-electron chi connectivity index (χ2n) is 8.97. The van der Waals surface area contributed by atoms with E-state index in [-0.39, 0.29) is 35.1 Å². The maximum Gasteiger partial charge on any atom is 0.248 e. The van der Waals surface area contributed by atoms with Gasteiger partial charge in [-0.3, -0.25) is 4.79 Å². The van der Waals surface area contributed by atoms with Crippen LogP contribution in [-0.2, 0) is 21.1 Å². The van der Waals surface area contributed by atoms with Crippen molar-refractivity contribution >= 4 is 50.0 Å². The fourth-order valence-electron chi connectivity index (χ4n) is 4.48. The largest absolute Gasteiger partial charge is 0.455 e. The smallest absolute Gasteiger partial charge is 0.248 e. The van der Waals surface area contributed by atoms with Crippen LogP contribution in [0.4, 0.5) is 5.69 Å². The predicted octanol–water partition coefficient (Wildman–Crippen LogP) is 5.67. The highest BCUT2D eigenvalue weighted by molar-refractivity contribution is 8.16. The molecule has 2 aliphatic heterocycles. The molecule has 0 bridgehead atoms. The fourth-order valence-corrected chi connectivity index (χ4v) is 8.57. The van der Waals surface area contributed by atoms with Crippen LogP contribution in [0.15, 0.2) is 77.8 Å². The summed E-state index contributed by atoms with van der Waals surface area (Å²) in [5.41, 5.74) is 2.71. The molecule has 2 heterocycles. The third-order valence-electron chi connectivity index (χ3n) is 6.16. The minimum absolute atomic E-state index is 0.0156. The third kappa shape index (κ3) is 5.61. The number of carbonyl (C=O) groups is 1. The van der Waals surface area contributed by atoms with E-state index in [4.69, 9.17) is 16.3 Å². The number of aliphatic imine (C=N–C) groups is 1. The van der Waals surface area contributed by atoms with Crippen molar-refractivity contribution in [1.82, 2.24) is 0 Å². The van der Waals surface area contributed by atoms with E-state index in [9.17, 15) is 13.2 Å². The van der Waals surface area contributed by atoms with E-state index in [0.717, 1.165) is 11.1 Å². The normalized spacial score (nSPS) is 21.5. The summed E-state index contributed by atoms with van der Waals surface area (Å²) in [5.74, 6) is 0.944. The predicted molar refractivity (Wildman–Crippen MR) is 146 cm³/mol. The van der Waals surface area contributed by atoms with Gasteiger partial charge in [0.05, 0.1) is 23.2 Å². The van der Waals surface area contributed by atoms with Gasteiger partial charge in [0.25, 0.3) is 0 Å². The van der Waals surface area contributed by atoms with Crippen LogP contribution >= 0.6 is 23.4 Å². The van der Waals surface area contributed by atoms with Crippen LogP contribution in [0.5, 0.6) is 11.5 Å². The Morgan fingerprint density at radius 1 is 1.08 bits per heavy atom. The molecule has 2 atom stereocenters. The van der Waals surface area contributed by atoms with Crippen LogP contribution < -0.4 is 9.64 Å². The van der Waals surface area contributed by atoms with Crippen molar-refractivity contribution in [2.24, 2.45) is 4.99 Å². The lowest BCUT2D eigenvalue weighted by Gasteiger charge is -2.27. The Bertz CT molecular complexity index is 1430. The van der Waals surface area contributed by atoms with Crippen molar-refractivity contribution in [2.75, 3.05) is 16.4 Å². The van der Waals surface area contributed by atoms with Crippen LogP contribution in [0.1, 0.15) is 17.5 Å². The molecule has 0 unspecified atom stereocenters. The van der Waals surface area contributed by atoms with Crippen molar-refractivity contribution in [3.05, 3.63) is 88.9 Å². The molecule has 0 radical (unpaired) electrons. The van der Waals surface area contributed by atoms with E-state index >= 15 is 0 Å². The van der Waals surface area contributed by atoms with E-state index in [2.05, 4.69) is 4.99 Å². The molecule has 0 aliphatic carbocycles. The first-order chi connectivity index (χ1) is 17.3. The van der Waals surface area contributed by atoms with Gasteiger partial charge in [0.2, 0.25) is 5.91 Å². The summed E-state index contributed by atoms with van der Waals surface area (Å²) in [7, 11) is -3.21. The molecule has 2 aliphatic rings. The van der Waals surface area contributed by atoms with Gasteiger partial charge in [-0.25, -0.2) is 8.42 Å². The van der Waals surface area contributed by atoms with Gasteiger partial charge in [-0.1, -0.05) is 65.8 Å². The highest BCUT2D eigenvalue weighted by Gasteiger charge is 2.50. The highest BCUT2D eigenvalue weighted by Crippen LogP contribution is 2.45. The van der Waals surface area contributed by atoms with Gasteiger partial charge in [-0.15, -0.1) is 0 Å². The second-order valence-corrected chi connectivity index (χ2v) is 12.8. The number of nitrogens with zero attached hydrogens (tertiary/aromatic N) is 2. The Labute approximate surface area is 220 Å². The number of sulfone groups is 1. The minimum atomic E-state index is -3.21. The first-order valence-corrected chi connectivity index (χ1v) is 14.7. The Hall–Kier alpha value is -2.81. The first-order valence-electron chi connectivity index (χ1n) is 11.6. The lowest BCUT2D eigenvalue weighted by Crippen LogP contribution is -2.38. The second kappa shape index (κ2) is 10.3. The SMILES string of the molecule is Cc1cccc(Oc2ccc(Cl)cc2N2C(=NC(=O)CCc3ccccc3)S[C@H]3CS(=O)(=O)C[C@H]32)c1. The lowest BCUT2D eigenvalue weighted by atomic mass is 10.1. The molecule has 1 amide bonds. The number of ether oxygens (including phenoxy) is 1. The Morgan fingerprint density at radius 2 is 1.89 bits per heavy atom. The van der Waals surface area contributed by atoms with Crippen molar-refractivity contribution < 1.29 is 17.9 Å². The molecule has 0 saturated carbocycles. The minimum Gasteiger partial charge on any atom is -0.455 e. The average Bonchev–Trinajstić information content (AvgIpc) is 3.30. The number of hydrogen-bond donors (Lipinski definition) is 0. The molecule has 0 aromatic heterocycles. The molecule has 2 fully saturated rings. The molecule has 3 aromatic rings. The number of halogens is 1. The van der Waals surface area contributed by atoms with E-state index in [0.29, 0.717) is 33.8 Å². The Kier molecular flexibility index (Phi) is 7.10. The zero-order valence-corrected chi connectivity index (χ0v) is 22.0. The van der Waals surface area contributed by atoms with Gasteiger partial charge >= 0.3 is 0 Å². The first kappa shape index (κ1) is 24.9. The number of fused-ring (bicyclic) bond motifs is 1. The Balaban J connectivity index is 1.48. The molecule has 186 valence electrons. The van der Waals surface area contributed by atoms with E-state index in [1.807, 2.05) is 66.4 Å². The average molecular weight is 541 g/mol. The zero-order chi connectivity index (χ0) is 25.3. The lowest BCUT2D eigenvalue weighted by molar-refractivity contribution is -0.117. The Morgan fingerprint density at radius 3 is 2.67 bits per heavy atom. The van der Waals surface area contributed by atoms with Gasteiger partial charge < -0.3 is 9.64 Å². The van der Waals surface area contributed by atoms with Gasteiger partial charge in [0, 0.05) is 16.7 Å². The van der Waals surface area contributed by atoms with Crippen LogP contribution in [0.2, 0.25) is 5.02 Å². The van der Waals surface area contributed by atoms with Gasteiger partial charge in [-0.2, -0.15) is 4.99 Å². The van der Waals surface area contributed by atoms with E-state index in [1.165, 1.54) is 11.8 Å². The van der Waals surface area contributed by atoms with Gasteiger partial charge in [-0.05, 0) is 54.8 Å². The zero-order valence-electron chi connectivity index (χ0n) is 19.6. The number of benzene rings is 3. The standard InChI is InChI=1S/C27H25ClN2O4S2/c1-18-6-5-9-21(14-18)34-24-12-11-20(28)15-22(24)30-23-16-36(32,33)17-25(23)35-27(30)29-26(31)13-10-19-7-3-2-4-8-19/h2-9,11-12,14-15,23,25H,10,13,16-17H2,1H3/t23-,25+/m1/s1. The van der Waals surface area contributed by atoms with Gasteiger partial charge in [0.15, 0.2) is 20.8 Å². The number of amidine groups is 1. The topological polar surface area (TPSA) is 76.0 Å². The molecule has 2 saturated heterocycles. The van der Waals surface area contributed by atoms with Crippen molar-refractivity contribution in [3.63, 3.8) is 0 Å². The third-order valence-corrected chi connectivity index (χ3v) is 9.60. The van der Waals surface area contributed by atoms with E-state index in [1.54, 1.807) is 18.2 Å². The van der Waals surface area contributed by atoms with Crippen LogP contribution in [-0.4, -0.2) is 42.3 Å². The summed E-state index contributed by atoms with van der Waals surface area (Å²) >= 11 is 7.72. The van der Waals surface area contributed by atoms with Crippen molar-refractivity contribution in [2.45, 2.75) is 31.1 Å². The summed E-state index contributed by atoms with van der Waals surface area (Å²) in [5, 5.41) is 0.737. The van der Waals surface area contributed by atoms with Crippen LogP contribution in [0.25, 0.3) is 0 Å².